The van der Waals surface area contributed by atoms with Gasteiger partial charge in [0, 0.05) is 29.4 Å². The number of ether oxygens (including phenoxy) is 1. The fraction of sp³-hybridized carbons (Fsp3) is 0.462. The van der Waals surface area contributed by atoms with Crippen LogP contribution < -0.4 is 4.74 Å². The van der Waals surface area contributed by atoms with Crippen LogP contribution in [0.4, 0.5) is 0 Å². The maximum Gasteiger partial charge on any atom is 0.222 e. The molecule has 0 saturated carbocycles. The number of likely N-dealkylation sites (N-methyl/N-ethyl adjacent to an activating group) is 1. The van der Waals surface area contributed by atoms with E-state index in [0.29, 0.717) is 47.7 Å². The van der Waals surface area contributed by atoms with E-state index in [2.05, 4.69) is 0 Å². The van der Waals surface area contributed by atoms with E-state index in [4.69, 9.17) is 39.5 Å². The number of hydrogen-bond acceptors (Lipinski definition) is 2. The number of rotatable bonds is 7. The summed E-state index contributed by atoms with van der Waals surface area (Å²) in [7, 11) is 1.74. The normalized spacial score (nSPS) is 10.3. The molecule has 1 aromatic rings. The molecule has 0 aliphatic carbocycles. The Labute approximate surface area is 128 Å². The second-order valence-corrected chi connectivity index (χ2v) is 5.31. The zero-order valence-electron chi connectivity index (χ0n) is 10.7. The van der Waals surface area contributed by atoms with Crippen molar-refractivity contribution >= 4 is 40.7 Å². The molecule has 0 N–H and O–H groups in total. The molecule has 0 aliphatic heterocycles. The second-order valence-electron chi connectivity index (χ2n) is 4.06. The van der Waals surface area contributed by atoms with Crippen LogP contribution in [-0.4, -0.2) is 36.9 Å². The molecular weight excluding hydrogens is 309 g/mol. The Bertz CT molecular complexity index is 406. The zero-order chi connectivity index (χ0) is 14.3. The molecule has 6 heteroatoms. The minimum Gasteiger partial charge on any atom is -0.492 e. The lowest BCUT2D eigenvalue weighted by molar-refractivity contribution is -0.130. The van der Waals surface area contributed by atoms with Crippen LogP contribution in [0.25, 0.3) is 0 Å². The van der Waals surface area contributed by atoms with Gasteiger partial charge in [-0.3, -0.25) is 4.79 Å². The molecule has 1 aromatic carbocycles. The van der Waals surface area contributed by atoms with Crippen molar-refractivity contribution in [3.63, 3.8) is 0 Å². The molecule has 1 rings (SSSR count). The van der Waals surface area contributed by atoms with E-state index >= 15 is 0 Å². The number of carbonyl (C=O) groups excluding carboxylic acids is 1. The SMILES string of the molecule is CN(CCOc1cc(Cl)cc(Cl)c1)C(=O)CCCCl. The molecule has 0 bridgehead atoms. The first-order valence-corrected chi connectivity index (χ1v) is 7.21. The molecule has 19 heavy (non-hydrogen) atoms. The molecule has 1 amide bonds. The minimum atomic E-state index is 0.0633. The average Bonchev–Trinajstić information content (AvgIpc) is 2.34. The summed E-state index contributed by atoms with van der Waals surface area (Å²) < 4.78 is 5.50. The third-order valence-electron chi connectivity index (χ3n) is 2.48. The largest absolute Gasteiger partial charge is 0.492 e. The van der Waals surface area contributed by atoms with Gasteiger partial charge in [-0.15, -0.1) is 11.6 Å². The minimum absolute atomic E-state index is 0.0633. The topological polar surface area (TPSA) is 29.5 Å². The van der Waals surface area contributed by atoms with Crippen molar-refractivity contribution < 1.29 is 9.53 Å². The second kappa shape index (κ2) is 8.51. The van der Waals surface area contributed by atoms with Gasteiger partial charge in [0.25, 0.3) is 0 Å². The number of hydrogen-bond donors (Lipinski definition) is 0. The standard InChI is InChI=1S/C13H16Cl3NO2/c1-17(13(18)3-2-4-14)5-6-19-12-8-10(15)7-11(16)9-12/h7-9H,2-6H2,1H3. The summed E-state index contributed by atoms with van der Waals surface area (Å²) in [6.45, 7) is 0.894. The van der Waals surface area contributed by atoms with Gasteiger partial charge in [0.05, 0.1) is 6.54 Å². The van der Waals surface area contributed by atoms with Crippen molar-refractivity contribution in [2.24, 2.45) is 0 Å². The Morgan fingerprint density at radius 1 is 1.26 bits per heavy atom. The smallest absolute Gasteiger partial charge is 0.222 e. The number of alkyl halides is 1. The Morgan fingerprint density at radius 2 is 1.89 bits per heavy atom. The first-order valence-electron chi connectivity index (χ1n) is 5.91. The summed E-state index contributed by atoms with van der Waals surface area (Å²) in [5, 5.41) is 1.04. The van der Waals surface area contributed by atoms with E-state index < -0.39 is 0 Å². The monoisotopic (exact) mass is 323 g/mol. The Balaban J connectivity index is 2.35. The maximum atomic E-state index is 11.6. The number of halogens is 3. The lowest BCUT2D eigenvalue weighted by Crippen LogP contribution is -2.30. The van der Waals surface area contributed by atoms with Gasteiger partial charge in [0.15, 0.2) is 0 Å². The van der Waals surface area contributed by atoms with Crippen LogP contribution in [0.15, 0.2) is 18.2 Å². The zero-order valence-corrected chi connectivity index (χ0v) is 12.9. The highest BCUT2D eigenvalue weighted by atomic mass is 35.5. The van der Waals surface area contributed by atoms with Crippen LogP contribution in [0, 0.1) is 0 Å². The Kier molecular flexibility index (Phi) is 7.36. The summed E-state index contributed by atoms with van der Waals surface area (Å²) in [6.07, 6.45) is 1.15. The van der Waals surface area contributed by atoms with Gasteiger partial charge >= 0.3 is 0 Å². The maximum absolute atomic E-state index is 11.6. The molecule has 106 valence electrons. The van der Waals surface area contributed by atoms with Crippen molar-refractivity contribution in [1.82, 2.24) is 4.90 Å². The van der Waals surface area contributed by atoms with Crippen molar-refractivity contribution in [3.8, 4) is 5.75 Å². The molecule has 3 nitrogen and oxygen atoms in total. The van der Waals surface area contributed by atoms with E-state index in [0.717, 1.165) is 0 Å². The molecule has 0 radical (unpaired) electrons. The van der Waals surface area contributed by atoms with Crippen LogP contribution in [0.3, 0.4) is 0 Å². The van der Waals surface area contributed by atoms with Gasteiger partial charge in [-0.05, 0) is 24.6 Å². The van der Waals surface area contributed by atoms with Crippen molar-refractivity contribution in [1.29, 1.82) is 0 Å². The van der Waals surface area contributed by atoms with Gasteiger partial charge < -0.3 is 9.64 Å². The van der Waals surface area contributed by atoms with Gasteiger partial charge in [0.2, 0.25) is 5.91 Å². The predicted molar refractivity (Wildman–Crippen MR) is 79.5 cm³/mol. The summed E-state index contributed by atoms with van der Waals surface area (Å²) in [6, 6.07) is 5.00. The van der Waals surface area contributed by atoms with Crippen molar-refractivity contribution in [2.45, 2.75) is 12.8 Å². The lowest BCUT2D eigenvalue weighted by atomic mass is 10.3. The number of benzene rings is 1. The summed E-state index contributed by atoms with van der Waals surface area (Å²) in [4.78, 5) is 13.2. The summed E-state index contributed by atoms with van der Waals surface area (Å²) in [5.41, 5.74) is 0. The van der Waals surface area contributed by atoms with Gasteiger partial charge in [0.1, 0.15) is 12.4 Å². The van der Waals surface area contributed by atoms with Crippen LogP contribution in [-0.2, 0) is 4.79 Å². The fourth-order valence-corrected chi connectivity index (χ4v) is 2.09. The third kappa shape index (κ3) is 6.37. The van der Waals surface area contributed by atoms with Crippen molar-refractivity contribution in [3.05, 3.63) is 28.2 Å². The van der Waals surface area contributed by atoms with E-state index in [1.165, 1.54) is 0 Å². The van der Waals surface area contributed by atoms with Crippen molar-refractivity contribution in [2.75, 3.05) is 26.1 Å². The number of carbonyl (C=O) groups is 1. The number of amides is 1. The molecule has 0 saturated heterocycles. The molecular formula is C13H16Cl3NO2. The molecule has 0 unspecified atom stereocenters. The van der Waals surface area contributed by atoms with E-state index in [-0.39, 0.29) is 5.91 Å². The van der Waals surface area contributed by atoms with Gasteiger partial charge in [-0.2, -0.15) is 0 Å². The first kappa shape index (κ1) is 16.4. The van der Waals surface area contributed by atoms with Crippen LogP contribution >= 0.6 is 34.8 Å². The first-order chi connectivity index (χ1) is 9.02. The fourth-order valence-electron chi connectivity index (χ4n) is 1.45. The third-order valence-corrected chi connectivity index (χ3v) is 3.19. The van der Waals surface area contributed by atoms with Gasteiger partial charge in [-0.25, -0.2) is 0 Å². The quantitative estimate of drug-likeness (QED) is 0.713. The molecule has 0 atom stereocenters. The molecule has 0 fully saturated rings. The van der Waals surface area contributed by atoms with E-state index in [9.17, 15) is 4.79 Å². The Morgan fingerprint density at radius 3 is 2.47 bits per heavy atom. The van der Waals surface area contributed by atoms with Crippen LogP contribution in [0.1, 0.15) is 12.8 Å². The average molecular weight is 325 g/mol. The molecule has 0 spiro atoms. The van der Waals surface area contributed by atoms with E-state index in [1.807, 2.05) is 0 Å². The van der Waals surface area contributed by atoms with E-state index in [1.54, 1.807) is 30.1 Å². The predicted octanol–water partition coefficient (Wildman–Crippen LogP) is 3.85. The molecule has 0 aromatic heterocycles. The van der Waals surface area contributed by atoms with Gasteiger partial charge in [-0.1, -0.05) is 23.2 Å². The molecule has 0 heterocycles. The lowest BCUT2D eigenvalue weighted by Gasteiger charge is -2.17. The highest BCUT2D eigenvalue weighted by Crippen LogP contribution is 2.24. The summed E-state index contributed by atoms with van der Waals surface area (Å²) >= 11 is 17.3. The highest BCUT2D eigenvalue weighted by molar-refractivity contribution is 6.34. The number of nitrogens with zero attached hydrogens (tertiary/aromatic N) is 1. The highest BCUT2D eigenvalue weighted by Gasteiger charge is 2.08. The Hall–Kier alpha value is -0.640. The van der Waals surface area contributed by atoms with Crippen LogP contribution in [0.5, 0.6) is 5.75 Å². The van der Waals surface area contributed by atoms with Crippen LogP contribution in [0.2, 0.25) is 10.0 Å². The molecule has 0 aliphatic rings. The summed E-state index contributed by atoms with van der Waals surface area (Å²) in [5.74, 6) is 1.16.